The first kappa shape index (κ1) is 29.9. The summed E-state index contributed by atoms with van der Waals surface area (Å²) in [4.78, 5) is 0. The summed E-state index contributed by atoms with van der Waals surface area (Å²) in [5, 5.41) is 0. The van der Waals surface area contributed by atoms with Crippen molar-refractivity contribution in [1.82, 2.24) is 4.67 Å². The Morgan fingerprint density at radius 1 is 0.805 bits per heavy atom. The molecular formula is C38H61N2Si+. The minimum absolute atomic E-state index is 0.0735. The van der Waals surface area contributed by atoms with Gasteiger partial charge in [-0.15, -0.1) is 0 Å². The van der Waals surface area contributed by atoms with Gasteiger partial charge in [-0.05, 0) is 99.6 Å². The van der Waals surface area contributed by atoms with Gasteiger partial charge < -0.3 is 0 Å². The molecule has 1 aromatic carbocycles. The molecule has 0 N–H and O–H groups in total. The molecule has 0 heterocycles. The fraction of sp³-hybridized carbons (Fsp3) is 0.737. The summed E-state index contributed by atoms with van der Waals surface area (Å²) in [6, 6.07) is 6.09. The van der Waals surface area contributed by atoms with Crippen LogP contribution in [0.2, 0.25) is 18.6 Å². The third kappa shape index (κ3) is 4.53. The number of nitrogens with zero attached hydrogens (tertiary/aromatic N) is 2. The number of benzene rings is 1. The van der Waals surface area contributed by atoms with E-state index in [4.69, 9.17) is 0 Å². The molecule has 5 aliphatic rings. The maximum absolute atomic E-state index is 3.08. The van der Waals surface area contributed by atoms with Gasteiger partial charge in [0.15, 0.2) is 8.24 Å². The molecule has 226 valence electrons. The highest BCUT2D eigenvalue weighted by Crippen LogP contribution is 2.62. The lowest BCUT2D eigenvalue weighted by Gasteiger charge is -2.54. The van der Waals surface area contributed by atoms with Crippen LogP contribution in [0.3, 0.4) is 0 Å². The van der Waals surface area contributed by atoms with Crippen LogP contribution in [0.4, 0.5) is 0 Å². The molecule has 1 aromatic rings. The van der Waals surface area contributed by atoms with Gasteiger partial charge >= 0.3 is 0 Å². The summed E-state index contributed by atoms with van der Waals surface area (Å²) in [7, 11) is 5.58. The van der Waals surface area contributed by atoms with Crippen molar-refractivity contribution in [3.63, 3.8) is 0 Å². The molecule has 41 heavy (non-hydrogen) atoms. The maximum atomic E-state index is 3.08. The largest absolute Gasteiger partial charge is 0.258 e. The molecule has 0 radical (unpaired) electrons. The SMILES string of the molecule is CC1CC2C=C3C(=CC2C1[Si](C)(C)N(C1CCCCC1)[N+](C)(C)C)C(C)(C)c1cc2c(cc13)C(C)(C)CCC2(C)C. The van der Waals surface area contributed by atoms with Crippen LogP contribution in [-0.2, 0) is 16.2 Å². The standard InChI is InChI=1S/C38H61N2Si/c1-25-20-26-21-29-30-23-33-34(37(4,5)19-18-36(33,2)3)24-32(30)38(6,7)31(29)22-28(26)35(25)41(11,12)39(40(8,9)10)27-16-14-13-15-17-27/h21-28,35H,13-20H2,1-12H3/q+1. The lowest BCUT2D eigenvalue weighted by molar-refractivity contribution is -0.975. The summed E-state index contributed by atoms with van der Waals surface area (Å²) in [5.74, 6) is 2.14. The Hall–Kier alpha value is -1.16. The van der Waals surface area contributed by atoms with E-state index < -0.39 is 8.24 Å². The van der Waals surface area contributed by atoms with E-state index in [0.29, 0.717) is 11.8 Å². The van der Waals surface area contributed by atoms with Gasteiger partial charge in [0, 0.05) is 11.5 Å². The molecule has 0 aromatic heterocycles. The lowest BCUT2D eigenvalue weighted by atomic mass is 9.62. The summed E-state index contributed by atoms with van der Waals surface area (Å²) >= 11 is 0. The third-order valence-electron chi connectivity index (χ3n) is 12.8. The van der Waals surface area contributed by atoms with Crippen molar-refractivity contribution in [3.8, 4) is 0 Å². The Balaban J connectivity index is 1.43. The van der Waals surface area contributed by atoms with Gasteiger partial charge in [-0.25, -0.2) is 0 Å². The van der Waals surface area contributed by atoms with Crippen LogP contribution in [0.15, 0.2) is 29.9 Å². The van der Waals surface area contributed by atoms with Crippen LogP contribution in [0, 0.1) is 17.8 Å². The monoisotopic (exact) mass is 573 g/mol. The molecule has 4 unspecified atom stereocenters. The molecule has 2 saturated carbocycles. The van der Waals surface area contributed by atoms with E-state index in [1.807, 2.05) is 0 Å². The van der Waals surface area contributed by atoms with Gasteiger partial charge in [0.1, 0.15) is 0 Å². The highest BCUT2D eigenvalue weighted by Gasteiger charge is 2.57. The van der Waals surface area contributed by atoms with Crippen LogP contribution in [-0.4, -0.2) is 44.7 Å². The Bertz CT molecular complexity index is 1280. The van der Waals surface area contributed by atoms with Crippen molar-refractivity contribution in [2.75, 3.05) is 21.1 Å². The van der Waals surface area contributed by atoms with Gasteiger partial charge in [0.25, 0.3) is 0 Å². The van der Waals surface area contributed by atoms with Crippen molar-refractivity contribution in [2.24, 2.45) is 17.8 Å². The number of hydrogen-bond donors (Lipinski definition) is 0. The zero-order valence-electron chi connectivity index (χ0n) is 28.7. The van der Waals surface area contributed by atoms with E-state index in [2.05, 4.69) is 112 Å². The van der Waals surface area contributed by atoms with Crippen molar-refractivity contribution in [1.29, 1.82) is 0 Å². The van der Waals surface area contributed by atoms with E-state index in [9.17, 15) is 0 Å². The zero-order chi connectivity index (χ0) is 29.9. The second-order valence-corrected chi connectivity index (χ2v) is 22.6. The fourth-order valence-electron chi connectivity index (χ4n) is 11.0. The van der Waals surface area contributed by atoms with Crippen molar-refractivity contribution < 1.29 is 4.59 Å². The predicted molar refractivity (Wildman–Crippen MR) is 180 cm³/mol. The molecule has 2 nitrogen and oxygen atoms in total. The Labute approximate surface area is 254 Å². The molecular weight excluding hydrogens is 513 g/mol. The minimum Gasteiger partial charge on any atom is -0.258 e. The molecule has 2 fully saturated rings. The van der Waals surface area contributed by atoms with Crippen molar-refractivity contribution in [2.45, 2.75) is 141 Å². The van der Waals surface area contributed by atoms with Crippen molar-refractivity contribution in [3.05, 3.63) is 52.1 Å². The molecule has 3 heteroatoms. The molecule has 0 spiro atoms. The quantitative estimate of drug-likeness (QED) is 0.197. The number of quaternary nitrogens is 1. The first-order valence-electron chi connectivity index (χ1n) is 17.1. The molecule has 0 aliphatic heterocycles. The first-order valence-corrected chi connectivity index (χ1v) is 20.2. The van der Waals surface area contributed by atoms with E-state index in [0.717, 1.165) is 22.1 Å². The van der Waals surface area contributed by atoms with E-state index in [1.165, 1.54) is 51.4 Å². The number of fused-ring (bicyclic) bond motifs is 5. The highest BCUT2D eigenvalue weighted by molar-refractivity contribution is 6.76. The fourth-order valence-corrected chi connectivity index (χ4v) is 16.9. The average Bonchev–Trinajstić information content (AvgIpc) is 3.30. The Morgan fingerprint density at radius 2 is 1.39 bits per heavy atom. The van der Waals surface area contributed by atoms with Crippen molar-refractivity contribution >= 4 is 13.8 Å². The average molecular weight is 574 g/mol. The van der Waals surface area contributed by atoms with Gasteiger partial charge in [-0.3, -0.25) is 4.59 Å². The number of rotatable bonds is 4. The highest BCUT2D eigenvalue weighted by atomic mass is 28.3. The van der Waals surface area contributed by atoms with Crippen LogP contribution >= 0.6 is 0 Å². The molecule has 0 bridgehead atoms. The summed E-state index contributed by atoms with van der Waals surface area (Å²) < 4.78 is 4.08. The first-order chi connectivity index (χ1) is 18.9. The van der Waals surface area contributed by atoms with Crippen LogP contribution in [0.5, 0.6) is 0 Å². The molecule has 5 aliphatic carbocycles. The Kier molecular flexibility index (Phi) is 6.87. The van der Waals surface area contributed by atoms with E-state index in [1.54, 1.807) is 33.4 Å². The zero-order valence-corrected chi connectivity index (χ0v) is 29.7. The summed E-state index contributed by atoms with van der Waals surface area (Å²) in [5.41, 5.74) is 11.0. The lowest BCUT2D eigenvalue weighted by Crippen LogP contribution is -2.69. The summed E-state index contributed by atoms with van der Waals surface area (Å²) in [6.45, 7) is 23.1. The topological polar surface area (TPSA) is 3.24 Å². The van der Waals surface area contributed by atoms with Crippen LogP contribution < -0.4 is 0 Å². The van der Waals surface area contributed by atoms with Gasteiger partial charge in [0.2, 0.25) is 0 Å². The molecule has 0 saturated heterocycles. The van der Waals surface area contributed by atoms with Gasteiger partial charge in [0.05, 0.1) is 21.1 Å². The molecule has 0 amide bonds. The second kappa shape index (κ2) is 9.42. The number of hydrogen-bond acceptors (Lipinski definition) is 1. The predicted octanol–water partition coefficient (Wildman–Crippen LogP) is 9.75. The van der Waals surface area contributed by atoms with E-state index >= 15 is 0 Å². The second-order valence-electron chi connectivity index (χ2n) is 18.2. The molecule has 4 atom stereocenters. The Morgan fingerprint density at radius 3 is 1.98 bits per heavy atom. The van der Waals surface area contributed by atoms with E-state index in [-0.39, 0.29) is 16.2 Å². The molecule has 6 rings (SSSR count). The number of allylic oxidation sites excluding steroid dienone is 4. The third-order valence-corrected chi connectivity index (χ3v) is 17.5. The van der Waals surface area contributed by atoms with Gasteiger partial charge in [-0.1, -0.05) is 105 Å². The van der Waals surface area contributed by atoms with Crippen LogP contribution in [0.25, 0.3) is 5.57 Å². The summed E-state index contributed by atoms with van der Waals surface area (Å²) in [6.07, 6.45) is 16.6. The smallest absolute Gasteiger partial charge is 0.191 e. The normalized spacial score (nSPS) is 32.1. The maximum Gasteiger partial charge on any atom is 0.191 e. The minimum atomic E-state index is -1.79. The van der Waals surface area contributed by atoms with Gasteiger partial charge in [-0.2, -0.15) is 4.67 Å². The van der Waals surface area contributed by atoms with Crippen LogP contribution in [0.1, 0.15) is 122 Å².